The Morgan fingerprint density at radius 1 is 1.30 bits per heavy atom. The standard InChI is InChI=1S/C18H18FN3O/c1-13(22(2)12-15-4-3-5-16(19)10-15)18(23)21-17-8-6-14(11-20)7-9-17/h3-10,13H,12H2,1-2H3,(H,21,23)/t13-/m1/s1. The van der Waals surface area contributed by atoms with Crippen molar-refractivity contribution in [3.8, 4) is 6.07 Å². The lowest BCUT2D eigenvalue weighted by molar-refractivity contribution is -0.120. The molecule has 23 heavy (non-hydrogen) atoms. The number of nitrogens with zero attached hydrogens (tertiary/aromatic N) is 2. The number of benzene rings is 2. The van der Waals surface area contributed by atoms with E-state index >= 15 is 0 Å². The molecule has 2 aromatic carbocycles. The van der Waals surface area contributed by atoms with Gasteiger partial charge in [0.25, 0.3) is 0 Å². The summed E-state index contributed by atoms with van der Waals surface area (Å²) in [6.45, 7) is 2.26. The molecule has 0 unspecified atom stereocenters. The van der Waals surface area contributed by atoms with E-state index in [-0.39, 0.29) is 17.8 Å². The Kier molecular flexibility index (Phi) is 5.45. The van der Waals surface area contributed by atoms with Crippen molar-refractivity contribution in [1.82, 2.24) is 4.90 Å². The number of likely N-dealkylation sites (N-methyl/N-ethyl adjacent to an activating group) is 1. The van der Waals surface area contributed by atoms with E-state index < -0.39 is 0 Å². The van der Waals surface area contributed by atoms with Gasteiger partial charge in [-0.2, -0.15) is 5.26 Å². The predicted octanol–water partition coefficient (Wildman–Crippen LogP) is 3.16. The Morgan fingerprint density at radius 2 is 2.00 bits per heavy atom. The molecule has 118 valence electrons. The molecular formula is C18H18FN3O. The van der Waals surface area contributed by atoms with Gasteiger partial charge in [-0.3, -0.25) is 9.69 Å². The van der Waals surface area contributed by atoms with Crippen molar-refractivity contribution < 1.29 is 9.18 Å². The number of halogens is 1. The van der Waals surface area contributed by atoms with Crippen LogP contribution in [0.2, 0.25) is 0 Å². The highest BCUT2D eigenvalue weighted by atomic mass is 19.1. The normalized spacial score (nSPS) is 11.8. The highest BCUT2D eigenvalue weighted by molar-refractivity contribution is 5.94. The van der Waals surface area contributed by atoms with E-state index in [4.69, 9.17) is 5.26 Å². The van der Waals surface area contributed by atoms with Gasteiger partial charge in [-0.15, -0.1) is 0 Å². The molecule has 0 aromatic heterocycles. The fraction of sp³-hybridized carbons (Fsp3) is 0.222. The van der Waals surface area contributed by atoms with Crippen molar-refractivity contribution in [1.29, 1.82) is 5.26 Å². The predicted molar refractivity (Wildman–Crippen MR) is 87.1 cm³/mol. The highest BCUT2D eigenvalue weighted by Crippen LogP contribution is 2.12. The van der Waals surface area contributed by atoms with Crippen LogP contribution in [0.5, 0.6) is 0 Å². The third-order valence-electron chi connectivity index (χ3n) is 3.64. The molecule has 0 spiro atoms. The summed E-state index contributed by atoms with van der Waals surface area (Å²) in [6, 6.07) is 14.7. The Bertz CT molecular complexity index is 722. The lowest BCUT2D eigenvalue weighted by atomic mass is 10.1. The zero-order chi connectivity index (χ0) is 16.8. The van der Waals surface area contributed by atoms with Crippen LogP contribution in [0.3, 0.4) is 0 Å². The maximum absolute atomic E-state index is 13.2. The van der Waals surface area contributed by atoms with E-state index in [9.17, 15) is 9.18 Å². The smallest absolute Gasteiger partial charge is 0.241 e. The van der Waals surface area contributed by atoms with Gasteiger partial charge >= 0.3 is 0 Å². The van der Waals surface area contributed by atoms with Gasteiger partial charge in [-0.1, -0.05) is 12.1 Å². The van der Waals surface area contributed by atoms with Crippen LogP contribution in [-0.2, 0) is 11.3 Å². The molecule has 2 aromatic rings. The molecule has 0 saturated heterocycles. The van der Waals surface area contributed by atoms with E-state index in [1.807, 2.05) is 24.1 Å². The third kappa shape index (κ3) is 4.63. The molecule has 1 atom stereocenters. The first-order chi connectivity index (χ1) is 11.0. The first-order valence-electron chi connectivity index (χ1n) is 7.25. The van der Waals surface area contributed by atoms with Crippen molar-refractivity contribution in [3.63, 3.8) is 0 Å². The monoisotopic (exact) mass is 311 g/mol. The molecule has 5 heteroatoms. The van der Waals surface area contributed by atoms with E-state index in [0.717, 1.165) is 5.56 Å². The molecule has 0 fully saturated rings. The second kappa shape index (κ2) is 7.52. The molecule has 0 aliphatic carbocycles. The number of amides is 1. The van der Waals surface area contributed by atoms with Gasteiger partial charge in [-0.05, 0) is 55.9 Å². The minimum Gasteiger partial charge on any atom is -0.325 e. The Morgan fingerprint density at radius 3 is 2.61 bits per heavy atom. The minimum atomic E-state index is -0.381. The van der Waals surface area contributed by atoms with Crippen LogP contribution in [0, 0.1) is 17.1 Å². The zero-order valence-electron chi connectivity index (χ0n) is 13.1. The molecule has 0 heterocycles. The van der Waals surface area contributed by atoms with Crippen LogP contribution in [0.1, 0.15) is 18.1 Å². The number of carbonyl (C=O) groups excluding carboxylic acids is 1. The fourth-order valence-corrected chi connectivity index (χ4v) is 2.14. The Labute approximate surface area is 135 Å². The molecule has 0 aliphatic rings. The SMILES string of the molecule is C[C@H](C(=O)Nc1ccc(C#N)cc1)N(C)Cc1cccc(F)c1. The number of anilines is 1. The lowest BCUT2D eigenvalue weighted by Crippen LogP contribution is -2.39. The highest BCUT2D eigenvalue weighted by Gasteiger charge is 2.18. The minimum absolute atomic E-state index is 0.159. The van der Waals surface area contributed by atoms with Gasteiger partial charge in [0, 0.05) is 12.2 Å². The van der Waals surface area contributed by atoms with Crippen LogP contribution in [-0.4, -0.2) is 23.9 Å². The molecule has 4 nitrogen and oxygen atoms in total. The van der Waals surface area contributed by atoms with Crippen LogP contribution in [0.4, 0.5) is 10.1 Å². The van der Waals surface area contributed by atoms with Crippen LogP contribution >= 0.6 is 0 Å². The van der Waals surface area contributed by atoms with Crippen molar-refractivity contribution in [2.24, 2.45) is 0 Å². The lowest BCUT2D eigenvalue weighted by Gasteiger charge is -2.24. The van der Waals surface area contributed by atoms with Gasteiger partial charge in [0.15, 0.2) is 0 Å². The summed E-state index contributed by atoms with van der Waals surface area (Å²) < 4.78 is 13.2. The van der Waals surface area contributed by atoms with Gasteiger partial charge in [0.05, 0.1) is 17.7 Å². The first kappa shape index (κ1) is 16.7. The van der Waals surface area contributed by atoms with Crippen molar-refractivity contribution in [2.75, 3.05) is 12.4 Å². The maximum atomic E-state index is 13.2. The summed E-state index contributed by atoms with van der Waals surface area (Å²) in [5, 5.41) is 11.6. The number of rotatable bonds is 5. The van der Waals surface area contributed by atoms with E-state index in [0.29, 0.717) is 17.8 Å². The van der Waals surface area contributed by atoms with E-state index in [2.05, 4.69) is 5.32 Å². The van der Waals surface area contributed by atoms with Crippen LogP contribution in [0.25, 0.3) is 0 Å². The van der Waals surface area contributed by atoms with Gasteiger partial charge < -0.3 is 5.32 Å². The Hall–Kier alpha value is -2.71. The molecule has 2 rings (SSSR count). The number of hydrogen-bond donors (Lipinski definition) is 1. The molecule has 0 radical (unpaired) electrons. The van der Waals surface area contributed by atoms with E-state index in [1.54, 1.807) is 37.3 Å². The summed E-state index contributed by atoms with van der Waals surface area (Å²) in [5.41, 5.74) is 1.99. The number of hydrogen-bond acceptors (Lipinski definition) is 3. The maximum Gasteiger partial charge on any atom is 0.241 e. The summed E-state index contributed by atoms with van der Waals surface area (Å²) in [5.74, 6) is -0.445. The van der Waals surface area contributed by atoms with Crippen LogP contribution in [0.15, 0.2) is 48.5 Å². The van der Waals surface area contributed by atoms with Crippen molar-refractivity contribution >= 4 is 11.6 Å². The van der Waals surface area contributed by atoms with E-state index in [1.165, 1.54) is 12.1 Å². The summed E-state index contributed by atoms with van der Waals surface area (Å²) in [6.07, 6.45) is 0. The van der Waals surface area contributed by atoms with Crippen molar-refractivity contribution in [2.45, 2.75) is 19.5 Å². The molecule has 0 aliphatic heterocycles. The molecule has 0 bridgehead atoms. The average Bonchev–Trinajstić information content (AvgIpc) is 2.54. The van der Waals surface area contributed by atoms with Crippen LogP contribution < -0.4 is 5.32 Å². The first-order valence-corrected chi connectivity index (χ1v) is 7.25. The number of carbonyl (C=O) groups is 1. The van der Waals surface area contributed by atoms with Crippen molar-refractivity contribution in [3.05, 3.63) is 65.5 Å². The topological polar surface area (TPSA) is 56.1 Å². The third-order valence-corrected chi connectivity index (χ3v) is 3.64. The molecule has 1 N–H and O–H groups in total. The quantitative estimate of drug-likeness (QED) is 0.923. The summed E-state index contributed by atoms with van der Waals surface area (Å²) >= 11 is 0. The zero-order valence-corrected chi connectivity index (χ0v) is 13.1. The molecule has 1 amide bonds. The number of nitriles is 1. The van der Waals surface area contributed by atoms with Gasteiger partial charge in [0.2, 0.25) is 5.91 Å². The largest absolute Gasteiger partial charge is 0.325 e. The average molecular weight is 311 g/mol. The Balaban J connectivity index is 1.96. The second-order valence-corrected chi connectivity index (χ2v) is 5.40. The number of nitrogens with one attached hydrogen (secondary N) is 1. The molecular weight excluding hydrogens is 293 g/mol. The fourth-order valence-electron chi connectivity index (χ4n) is 2.14. The van der Waals surface area contributed by atoms with Gasteiger partial charge in [0.1, 0.15) is 5.82 Å². The van der Waals surface area contributed by atoms with Gasteiger partial charge in [-0.25, -0.2) is 4.39 Å². The molecule has 0 saturated carbocycles. The summed E-state index contributed by atoms with van der Waals surface area (Å²) in [7, 11) is 1.81. The summed E-state index contributed by atoms with van der Waals surface area (Å²) in [4.78, 5) is 14.1. The second-order valence-electron chi connectivity index (χ2n) is 5.40.